The molecule has 7 nitrogen and oxygen atoms in total. The number of aromatic nitrogens is 1. The summed E-state index contributed by atoms with van der Waals surface area (Å²) in [6.07, 6.45) is 0.222. The van der Waals surface area contributed by atoms with Gasteiger partial charge in [-0.05, 0) is 31.2 Å². The highest BCUT2D eigenvalue weighted by atomic mass is 35.5. The van der Waals surface area contributed by atoms with Crippen molar-refractivity contribution in [1.82, 2.24) is 4.98 Å². The summed E-state index contributed by atoms with van der Waals surface area (Å²) in [5.41, 5.74) is -0.762. The fourth-order valence-electron chi connectivity index (χ4n) is 2.16. The van der Waals surface area contributed by atoms with E-state index in [0.29, 0.717) is 16.0 Å². The number of nitrogens with zero attached hydrogens (tertiary/aromatic N) is 1. The number of pyridine rings is 1. The van der Waals surface area contributed by atoms with E-state index in [9.17, 15) is 14.4 Å². The number of hydrogen-bond donors (Lipinski definition) is 1. The Bertz CT molecular complexity index is 1030. The highest BCUT2D eigenvalue weighted by Gasteiger charge is 2.22. The molecule has 26 heavy (non-hydrogen) atoms. The highest BCUT2D eigenvalue weighted by molar-refractivity contribution is 6.30. The van der Waals surface area contributed by atoms with Crippen LogP contribution in [0, 0.1) is 0 Å². The maximum absolute atomic E-state index is 12.2. The molecule has 0 bridgehead atoms. The van der Waals surface area contributed by atoms with E-state index >= 15 is 0 Å². The molecule has 0 radical (unpaired) electrons. The number of esters is 1. The Balaban J connectivity index is 1.72. The predicted molar refractivity (Wildman–Crippen MR) is 95.2 cm³/mol. The summed E-state index contributed by atoms with van der Waals surface area (Å²) in [6.45, 7) is 1.38. The largest absolute Gasteiger partial charge is 0.449 e. The van der Waals surface area contributed by atoms with Crippen molar-refractivity contribution in [3.05, 3.63) is 69.7 Å². The molecule has 0 aliphatic carbocycles. The molecule has 0 saturated carbocycles. The monoisotopic (exact) mass is 372 g/mol. The van der Waals surface area contributed by atoms with Crippen molar-refractivity contribution in [2.24, 2.45) is 0 Å². The second-order valence-electron chi connectivity index (χ2n) is 5.38. The lowest BCUT2D eigenvalue weighted by Gasteiger charge is -2.13. The number of ether oxygens (including phenoxy) is 1. The molecule has 3 rings (SSSR count). The Morgan fingerprint density at radius 1 is 1.23 bits per heavy atom. The van der Waals surface area contributed by atoms with Crippen molar-refractivity contribution >= 4 is 40.3 Å². The van der Waals surface area contributed by atoms with E-state index in [1.54, 1.807) is 30.3 Å². The molecule has 1 N–H and O–H groups in total. The Morgan fingerprint density at radius 2 is 2.00 bits per heavy atom. The average Bonchev–Trinajstić information content (AvgIpc) is 2.62. The van der Waals surface area contributed by atoms with Gasteiger partial charge >= 0.3 is 11.6 Å². The molecule has 132 valence electrons. The third-order valence-electron chi connectivity index (χ3n) is 3.49. The van der Waals surface area contributed by atoms with Crippen LogP contribution in [-0.2, 0) is 9.53 Å². The first-order valence-electron chi connectivity index (χ1n) is 7.60. The van der Waals surface area contributed by atoms with E-state index in [4.69, 9.17) is 20.8 Å². The smallest absolute Gasteiger partial charge is 0.351 e. The number of anilines is 1. The molecular formula is C18H13ClN2O5. The first kappa shape index (κ1) is 17.6. The molecule has 2 heterocycles. The molecule has 3 aromatic rings. The fourth-order valence-corrected chi connectivity index (χ4v) is 2.27. The molecule has 1 aromatic carbocycles. The van der Waals surface area contributed by atoms with Crippen LogP contribution in [0.2, 0.25) is 5.02 Å². The van der Waals surface area contributed by atoms with Crippen molar-refractivity contribution in [1.29, 1.82) is 0 Å². The van der Waals surface area contributed by atoms with Crippen LogP contribution in [0.5, 0.6) is 0 Å². The van der Waals surface area contributed by atoms with Gasteiger partial charge < -0.3 is 14.5 Å². The zero-order chi connectivity index (χ0) is 18.7. The van der Waals surface area contributed by atoms with Gasteiger partial charge in [-0.25, -0.2) is 14.6 Å². The Hall–Kier alpha value is -3.19. The van der Waals surface area contributed by atoms with E-state index in [1.165, 1.54) is 25.3 Å². The maximum Gasteiger partial charge on any atom is 0.351 e. The summed E-state index contributed by atoms with van der Waals surface area (Å²) < 4.78 is 10.1. The summed E-state index contributed by atoms with van der Waals surface area (Å²) >= 11 is 5.72. The van der Waals surface area contributed by atoms with Crippen molar-refractivity contribution in [2.75, 3.05) is 5.32 Å². The van der Waals surface area contributed by atoms with Gasteiger partial charge in [0.2, 0.25) is 0 Å². The Labute approximate surface area is 152 Å². The maximum atomic E-state index is 12.2. The first-order valence-corrected chi connectivity index (χ1v) is 7.98. The number of halogens is 1. The zero-order valence-corrected chi connectivity index (χ0v) is 14.3. The fraction of sp³-hybridized carbons (Fsp3) is 0.111. The molecule has 2 aromatic heterocycles. The van der Waals surface area contributed by atoms with Gasteiger partial charge in [0.15, 0.2) is 6.10 Å². The third-order valence-corrected chi connectivity index (χ3v) is 3.72. The Kier molecular flexibility index (Phi) is 4.99. The van der Waals surface area contributed by atoms with Gasteiger partial charge in [0.05, 0.1) is 5.02 Å². The van der Waals surface area contributed by atoms with E-state index in [-0.39, 0.29) is 11.4 Å². The summed E-state index contributed by atoms with van der Waals surface area (Å²) in [7, 11) is 0. The number of nitrogens with one attached hydrogen (secondary N) is 1. The molecule has 8 heteroatoms. The Morgan fingerprint density at radius 3 is 2.73 bits per heavy atom. The second-order valence-corrected chi connectivity index (χ2v) is 5.82. The van der Waals surface area contributed by atoms with Crippen LogP contribution in [0.4, 0.5) is 5.82 Å². The topological polar surface area (TPSA) is 98.5 Å². The minimum atomic E-state index is -1.15. The minimum absolute atomic E-state index is 0.257. The molecule has 0 aliphatic rings. The number of benzene rings is 1. The molecule has 1 atom stereocenters. The number of carbonyl (C=O) groups is 2. The number of amides is 1. The van der Waals surface area contributed by atoms with Crippen LogP contribution in [-0.4, -0.2) is 23.0 Å². The molecule has 0 unspecified atom stereocenters. The van der Waals surface area contributed by atoms with Crippen LogP contribution in [0.1, 0.15) is 17.3 Å². The molecule has 1 amide bonds. The standard InChI is InChI=1S/C18H13ClN2O5/c1-10(16(22)21-15-7-6-12(19)9-20-15)25-17(23)13-8-11-4-2-3-5-14(11)26-18(13)24/h2-10H,1H3,(H,20,21,22)/t10-/m1/s1. The first-order chi connectivity index (χ1) is 12.4. The van der Waals surface area contributed by atoms with E-state index < -0.39 is 23.6 Å². The van der Waals surface area contributed by atoms with Gasteiger partial charge in [-0.3, -0.25) is 4.79 Å². The van der Waals surface area contributed by atoms with Gasteiger partial charge in [0.1, 0.15) is 17.0 Å². The van der Waals surface area contributed by atoms with Crippen LogP contribution >= 0.6 is 11.6 Å². The van der Waals surface area contributed by atoms with E-state index in [2.05, 4.69) is 10.3 Å². The van der Waals surface area contributed by atoms with Crippen LogP contribution in [0.3, 0.4) is 0 Å². The molecule has 0 spiro atoms. The number of carbonyl (C=O) groups excluding carboxylic acids is 2. The van der Waals surface area contributed by atoms with E-state index in [1.807, 2.05) is 0 Å². The van der Waals surface area contributed by atoms with Gasteiger partial charge in [-0.1, -0.05) is 29.8 Å². The lowest BCUT2D eigenvalue weighted by Crippen LogP contribution is -2.31. The molecule has 0 fully saturated rings. The summed E-state index contributed by atoms with van der Waals surface area (Å²) in [5, 5.41) is 3.48. The minimum Gasteiger partial charge on any atom is -0.449 e. The quantitative estimate of drug-likeness (QED) is 0.558. The predicted octanol–water partition coefficient (Wildman–Crippen LogP) is 3.03. The number of para-hydroxylation sites is 1. The summed E-state index contributed by atoms with van der Waals surface area (Å²) in [6, 6.07) is 11.2. The average molecular weight is 373 g/mol. The summed E-state index contributed by atoms with van der Waals surface area (Å²) in [4.78, 5) is 40.2. The number of rotatable bonds is 4. The van der Waals surface area contributed by atoms with Gasteiger partial charge in [-0.2, -0.15) is 0 Å². The lowest BCUT2D eigenvalue weighted by atomic mass is 10.2. The van der Waals surface area contributed by atoms with Crippen molar-refractivity contribution in [2.45, 2.75) is 13.0 Å². The molecular weight excluding hydrogens is 360 g/mol. The molecule has 0 aliphatic heterocycles. The van der Waals surface area contributed by atoms with Gasteiger partial charge in [0, 0.05) is 11.6 Å². The third kappa shape index (κ3) is 3.89. The zero-order valence-electron chi connectivity index (χ0n) is 13.6. The van der Waals surface area contributed by atoms with Gasteiger partial charge in [0.25, 0.3) is 5.91 Å². The van der Waals surface area contributed by atoms with Crippen LogP contribution < -0.4 is 10.9 Å². The highest BCUT2D eigenvalue weighted by Crippen LogP contribution is 2.14. The van der Waals surface area contributed by atoms with Crippen molar-refractivity contribution in [3.8, 4) is 0 Å². The number of hydrogen-bond acceptors (Lipinski definition) is 6. The van der Waals surface area contributed by atoms with Crippen LogP contribution in [0.25, 0.3) is 11.0 Å². The molecule has 0 saturated heterocycles. The van der Waals surface area contributed by atoms with Crippen molar-refractivity contribution < 1.29 is 18.7 Å². The van der Waals surface area contributed by atoms with Crippen molar-refractivity contribution in [3.63, 3.8) is 0 Å². The lowest BCUT2D eigenvalue weighted by molar-refractivity contribution is -0.123. The SMILES string of the molecule is C[C@@H](OC(=O)c1cc2ccccc2oc1=O)C(=O)Nc1ccc(Cl)cn1. The van der Waals surface area contributed by atoms with Gasteiger partial charge in [-0.15, -0.1) is 0 Å². The van der Waals surface area contributed by atoms with E-state index in [0.717, 1.165) is 0 Å². The normalized spacial score (nSPS) is 11.8. The number of fused-ring (bicyclic) bond motifs is 1. The van der Waals surface area contributed by atoms with Crippen LogP contribution in [0.15, 0.2) is 57.9 Å². The summed E-state index contributed by atoms with van der Waals surface area (Å²) in [5.74, 6) is -1.29. The second kappa shape index (κ2) is 7.37.